The van der Waals surface area contributed by atoms with Crippen LogP contribution in [0.1, 0.15) is 17.3 Å². The number of ether oxygens (including phenoxy) is 1. The molecule has 1 N–H and O–H groups in total. The average Bonchev–Trinajstić information content (AvgIpc) is 3.31. The Hall–Kier alpha value is -4.24. The van der Waals surface area contributed by atoms with Crippen LogP contribution in [-0.2, 0) is 14.3 Å². The number of amides is 1. The number of hydrogen-bond acceptors (Lipinski definition) is 7. The lowest BCUT2D eigenvalue weighted by Crippen LogP contribution is -2.22. The SMILES string of the molecule is CC(=O)c1ccccc1NC(=O)COC(=O)CSc1nnc(-c2ccccc2)n1-c1ccccc1. The number of rotatable bonds is 9. The lowest BCUT2D eigenvalue weighted by atomic mass is 10.1. The summed E-state index contributed by atoms with van der Waals surface area (Å²) in [7, 11) is 0. The summed E-state index contributed by atoms with van der Waals surface area (Å²) in [6.45, 7) is 0.950. The van der Waals surface area contributed by atoms with Gasteiger partial charge in [0.15, 0.2) is 23.4 Å². The summed E-state index contributed by atoms with van der Waals surface area (Å²) in [5.41, 5.74) is 2.51. The van der Waals surface area contributed by atoms with Crippen LogP contribution in [0.4, 0.5) is 5.69 Å². The number of esters is 1. The van der Waals surface area contributed by atoms with E-state index in [9.17, 15) is 14.4 Å². The van der Waals surface area contributed by atoms with Crippen LogP contribution in [0.3, 0.4) is 0 Å². The molecule has 0 aliphatic rings. The van der Waals surface area contributed by atoms with Crippen LogP contribution >= 0.6 is 11.8 Å². The summed E-state index contributed by atoms with van der Waals surface area (Å²) in [5.74, 6) is -0.690. The molecule has 0 bridgehead atoms. The number of nitrogens with zero attached hydrogens (tertiary/aromatic N) is 3. The highest BCUT2D eigenvalue weighted by Crippen LogP contribution is 2.27. The minimum atomic E-state index is -0.575. The molecule has 0 unspecified atom stereocenters. The summed E-state index contributed by atoms with van der Waals surface area (Å²) in [6, 6.07) is 25.9. The number of Topliss-reactive ketones (excluding diaryl/α,β-unsaturated/α-hetero) is 1. The maximum Gasteiger partial charge on any atom is 0.316 e. The fourth-order valence-corrected chi connectivity index (χ4v) is 4.09. The molecule has 1 amide bonds. The number of hydrogen-bond donors (Lipinski definition) is 1. The van der Waals surface area contributed by atoms with Gasteiger partial charge in [-0.25, -0.2) is 0 Å². The number of thioether (sulfide) groups is 1. The van der Waals surface area contributed by atoms with Crippen LogP contribution in [0.2, 0.25) is 0 Å². The highest BCUT2D eigenvalue weighted by atomic mass is 32.2. The van der Waals surface area contributed by atoms with E-state index in [1.807, 2.05) is 65.2 Å². The quantitative estimate of drug-likeness (QED) is 0.212. The van der Waals surface area contributed by atoms with Gasteiger partial charge in [0.2, 0.25) is 0 Å². The van der Waals surface area contributed by atoms with Crippen molar-refractivity contribution in [3.63, 3.8) is 0 Å². The predicted octanol–water partition coefficient (Wildman–Crippen LogP) is 4.41. The van der Waals surface area contributed by atoms with Crippen molar-refractivity contribution in [3.05, 3.63) is 90.5 Å². The number of anilines is 1. The second-order valence-corrected chi connectivity index (χ2v) is 8.38. The van der Waals surface area contributed by atoms with E-state index in [0.29, 0.717) is 22.2 Å². The number of para-hydroxylation sites is 2. The minimum absolute atomic E-state index is 0.0585. The first-order chi connectivity index (χ1) is 17.0. The Bertz CT molecular complexity index is 1340. The van der Waals surface area contributed by atoms with E-state index in [4.69, 9.17) is 4.74 Å². The largest absolute Gasteiger partial charge is 0.455 e. The topological polar surface area (TPSA) is 103 Å². The van der Waals surface area contributed by atoms with Gasteiger partial charge >= 0.3 is 5.97 Å². The molecule has 9 heteroatoms. The zero-order valence-corrected chi connectivity index (χ0v) is 19.7. The van der Waals surface area contributed by atoms with Gasteiger partial charge in [0.25, 0.3) is 5.91 Å². The van der Waals surface area contributed by atoms with Crippen LogP contribution in [0, 0.1) is 0 Å². The second kappa shape index (κ2) is 11.3. The Kier molecular flexibility index (Phi) is 7.69. The maximum atomic E-state index is 12.3. The van der Waals surface area contributed by atoms with Crippen molar-refractivity contribution in [1.82, 2.24) is 14.8 Å². The van der Waals surface area contributed by atoms with Gasteiger partial charge in [-0.3, -0.25) is 19.0 Å². The van der Waals surface area contributed by atoms with Gasteiger partial charge in [-0.1, -0.05) is 72.4 Å². The summed E-state index contributed by atoms with van der Waals surface area (Å²) in [6.07, 6.45) is 0. The third kappa shape index (κ3) is 6.01. The molecule has 1 aromatic heterocycles. The molecule has 0 fully saturated rings. The van der Waals surface area contributed by atoms with Crippen LogP contribution in [0.15, 0.2) is 90.1 Å². The first-order valence-electron chi connectivity index (χ1n) is 10.8. The van der Waals surface area contributed by atoms with E-state index in [2.05, 4.69) is 15.5 Å². The van der Waals surface area contributed by atoms with E-state index in [1.165, 1.54) is 18.7 Å². The molecule has 0 saturated carbocycles. The lowest BCUT2D eigenvalue weighted by molar-refractivity contribution is -0.144. The van der Waals surface area contributed by atoms with Crippen LogP contribution in [-0.4, -0.2) is 44.8 Å². The molecule has 0 aliphatic heterocycles. The number of carbonyl (C=O) groups excluding carboxylic acids is 3. The van der Waals surface area contributed by atoms with Crippen molar-refractivity contribution >= 4 is 35.1 Å². The van der Waals surface area contributed by atoms with Crippen LogP contribution in [0.5, 0.6) is 0 Å². The number of nitrogens with one attached hydrogen (secondary N) is 1. The normalized spacial score (nSPS) is 10.5. The van der Waals surface area contributed by atoms with Crippen molar-refractivity contribution in [2.45, 2.75) is 12.1 Å². The highest BCUT2D eigenvalue weighted by molar-refractivity contribution is 7.99. The maximum absolute atomic E-state index is 12.3. The Morgan fingerprint density at radius 2 is 1.54 bits per heavy atom. The van der Waals surface area contributed by atoms with Gasteiger partial charge in [-0.15, -0.1) is 10.2 Å². The molecule has 0 saturated heterocycles. The summed E-state index contributed by atoms with van der Waals surface area (Å²) < 4.78 is 6.99. The molecule has 4 aromatic rings. The van der Waals surface area contributed by atoms with Gasteiger partial charge in [0, 0.05) is 16.8 Å². The van der Waals surface area contributed by atoms with Gasteiger partial charge in [0.1, 0.15) is 0 Å². The molecule has 1 heterocycles. The highest BCUT2D eigenvalue weighted by Gasteiger charge is 2.18. The Labute approximate surface area is 206 Å². The van der Waals surface area contributed by atoms with E-state index in [-0.39, 0.29) is 11.5 Å². The summed E-state index contributed by atoms with van der Waals surface area (Å²) in [4.78, 5) is 36.3. The van der Waals surface area contributed by atoms with E-state index >= 15 is 0 Å². The number of benzene rings is 3. The van der Waals surface area contributed by atoms with Gasteiger partial charge < -0.3 is 10.1 Å². The smallest absolute Gasteiger partial charge is 0.316 e. The molecular weight excluding hydrogens is 464 g/mol. The molecule has 0 atom stereocenters. The Morgan fingerprint density at radius 1 is 0.886 bits per heavy atom. The van der Waals surface area contributed by atoms with E-state index in [0.717, 1.165) is 11.3 Å². The number of aromatic nitrogens is 3. The van der Waals surface area contributed by atoms with Crippen LogP contribution < -0.4 is 5.32 Å². The first-order valence-corrected chi connectivity index (χ1v) is 11.8. The zero-order chi connectivity index (χ0) is 24.6. The van der Waals surface area contributed by atoms with Crippen molar-refractivity contribution in [2.24, 2.45) is 0 Å². The number of ketones is 1. The molecule has 3 aromatic carbocycles. The van der Waals surface area contributed by atoms with Crippen molar-refractivity contribution in [2.75, 3.05) is 17.7 Å². The molecule has 0 aliphatic carbocycles. The first kappa shape index (κ1) is 23.9. The Morgan fingerprint density at radius 3 is 2.26 bits per heavy atom. The molecule has 176 valence electrons. The molecule has 0 radical (unpaired) electrons. The van der Waals surface area contributed by atoms with E-state index in [1.54, 1.807) is 24.3 Å². The average molecular weight is 487 g/mol. The van der Waals surface area contributed by atoms with Gasteiger partial charge in [-0.2, -0.15) is 0 Å². The molecule has 0 spiro atoms. The number of carbonyl (C=O) groups is 3. The zero-order valence-electron chi connectivity index (χ0n) is 18.9. The van der Waals surface area contributed by atoms with E-state index < -0.39 is 18.5 Å². The van der Waals surface area contributed by atoms with Crippen molar-refractivity contribution in [1.29, 1.82) is 0 Å². The third-order valence-electron chi connectivity index (χ3n) is 4.94. The minimum Gasteiger partial charge on any atom is -0.455 e. The lowest BCUT2D eigenvalue weighted by Gasteiger charge is -2.11. The molecular formula is C26H22N4O4S. The van der Waals surface area contributed by atoms with Crippen molar-refractivity contribution in [3.8, 4) is 17.1 Å². The summed E-state index contributed by atoms with van der Waals surface area (Å²) in [5, 5.41) is 11.7. The van der Waals surface area contributed by atoms with Crippen LogP contribution in [0.25, 0.3) is 17.1 Å². The fraction of sp³-hybridized carbons (Fsp3) is 0.115. The molecule has 4 rings (SSSR count). The van der Waals surface area contributed by atoms with Crippen molar-refractivity contribution < 1.29 is 19.1 Å². The third-order valence-corrected chi connectivity index (χ3v) is 5.85. The fourth-order valence-electron chi connectivity index (χ4n) is 3.34. The monoisotopic (exact) mass is 486 g/mol. The molecule has 8 nitrogen and oxygen atoms in total. The standard InChI is InChI=1S/C26H22N4O4S/c1-18(31)21-14-8-9-15-22(21)27-23(32)16-34-24(33)17-35-26-29-28-25(19-10-4-2-5-11-19)30(26)20-12-6-3-7-13-20/h2-15H,16-17H2,1H3,(H,27,32). The second-order valence-electron chi connectivity index (χ2n) is 7.44. The van der Waals surface area contributed by atoms with Gasteiger partial charge in [0.05, 0.1) is 11.4 Å². The predicted molar refractivity (Wildman–Crippen MR) is 134 cm³/mol. The molecule has 35 heavy (non-hydrogen) atoms. The Balaban J connectivity index is 1.40. The van der Waals surface area contributed by atoms with Gasteiger partial charge in [-0.05, 0) is 31.2 Å². The summed E-state index contributed by atoms with van der Waals surface area (Å²) >= 11 is 1.17.